The van der Waals surface area contributed by atoms with Gasteiger partial charge < -0.3 is 14.6 Å². The summed E-state index contributed by atoms with van der Waals surface area (Å²) in [5, 5.41) is 11.1. The number of thiophene rings is 1. The number of benzene rings is 2. The lowest BCUT2D eigenvalue weighted by Gasteiger charge is -2.28. The number of rotatable bonds is 7. The second-order valence-corrected chi connectivity index (χ2v) is 9.80. The van der Waals surface area contributed by atoms with E-state index in [4.69, 9.17) is 9.47 Å². The molecule has 0 spiro atoms. The van der Waals surface area contributed by atoms with Gasteiger partial charge in [0.05, 0.1) is 24.0 Å². The van der Waals surface area contributed by atoms with Crippen LogP contribution in [0.4, 0.5) is 0 Å². The van der Waals surface area contributed by atoms with Crippen molar-refractivity contribution < 1.29 is 19.4 Å². The number of carbonyl (C=O) groups is 1. The summed E-state index contributed by atoms with van der Waals surface area (Å²) < 4.78 is 11.6. The smallest absolute Gasteiger partial charge is 0.348 e. The highest BCUT2D eigenvalue weighted by Gasteiger charge is 2.35. The van der Waals surface area contributed by atoms with E-state index >= 15 is 0 Å². The lowest BCUT2D eigenvalue weighted by molar-refractivity contribution is 0.0530. The highest BCUT2D eigenvalue weighted by Crippen LogP contribution is 2.49. The lowest BCUT2D eigenvalue weighted by atomic mass is 9.79. The Hall–Kier alpha value is -2.28. The standard InChI is InChI=1S/C25H26O4S2/c1-3-29-24(27)23-20-13-18(17-9-11-19(28-2)12-10-17)14-21(26)22(20)25(31-23)30-15-16-7-5-4-6-8-16/h4-12,18,21,26H,3,13-15H2,1-2H3. The molecule has 0 saturated heterocycles. The van der Waals surface area contributed by atoms with E-state index in [-0.39, 0.29) is 11.9 Å². The number of hydrogen-bond donors (Lipinski definition) is 1. The SMILES string of the molecule is CCOC(=O)c1sc(SCc2ccccc2)c2c1CC(c1ccc(OC)cc1)CC2O. The fourth-order valence-corrected chi connectivity index (χ4v) is 6.61. The molecule has 0 radical (unpaired) electrons. The predicted octanol–water partition coefficient (Wildman–Crippen LogP) is 5.99. The number of methoxy groups -OCH3 is 1. The Balaban J connectivity index is 1.65. The third-order valence-electron chi connectivity index (χ3n) is 5.57. The van der Waals surface area contributed by atoms with Gasteiger partial charge in [0.15, 0.2) is 0 Å². The van der Waals surface area contributed by atoms with Gasteiger partial charge in [-0.05, 0) is 54.5 Å². The van der Waals surface area contributed by atoms with Gasteiger partial charge in [-0.1, -0.05) is 42.5 Å². The van der Waals surface area contributed by atoms with Crippen LogP contribution in [-0.2, 0) is 16.9 Å². The van der Waals surface area contributed by atoms with Gasteiger partial charge in [0, 0.05) is 11.3 Å². The van der Waals surface area contributed by atoms with Crippen LogP contribution in [0.25, 0.3) is 0 Å². The molecule has 0 bridgehead atoms. The van der Waals surface area contributed by atoms with Gasteiger partial charge in [-0.2, -0.15) is 0 Å². The number of fused-ring (bicyclic) bond motifs is 1. The number of aliphatic hydroxyl groups is 1. The van der Waals surface area contributed by atoms with Crippen LogP contribution in [0, 0.1) is 0 Å². The highest BCUT2D eigenvalue weighted by atomic mass is 32.2. The van der Waals surface area contributed by atoms with E-state index in [0.717, 1.165) is 38.8 Å². The molecule has 4 rings (SSSR count). The van der Waals surface area contributed by atoms with Crippen molar-refractivity contribution in [2.45, 2.75) is 41.7 Å². The van der Waals surface area contributed by atoms with Gasteiger partial charge in [0.25, 0.3) is 0 Å². The summed E-state index contributed by atoms with van der Waals surface area (Å²) in [7, 11) is 1.65. The maximum atomic E-state index is 12.7. The zero-order valence-electron chi connectivity index (χ0n) is 17.7. The fraction of sp³-hybridized carbons (Fsp3) is 0.320. The molecule has 31 heavy (non-hydrogen) atoms. The molecule has 2 aromatic carbocycles. The molecular weight excluding hydrogens is 428 g/mol. The molecule has 2 atom stereocenters. The van der Waals surface area contributed by atoms with Crippen molar-refractivity contribution in [2.75, 3.05) is 13.7 Å². The van der Waals surface area contributed by atoms with E-state index in [2.05, 4.69) is 12.1 Å². The number of aliphatic hydroxyl groups excluding tert-OH is 1. The zero-order valence-corrected chi connectivity index (χ0v) is 19.3. The molecular formula is C25H26O4S2. The van der Waals surface area contributed by atoms with Crippen molar-refractivity contribution in [3.63, 3.8) is 0 Å². The molecule has 0 fully saturated rings. The summed E-state index contributed by atoms with van der Waals surface area (Å²) in [6.07, 6.45) is 0.750. The van der Waals surface area contributed by atoms with E-state index in [1.807, 2.05) is 49.4 Å². The Morgan fingerprint density at radius 2 is 1.90 bits per heavy atom. The molecule has 1 aliphatic carbocycles. The second kappa shape index (κ2) is 9.90. The first-order chi connectivity index (χ1) is 15.1. The normalized spacial score (nSPS) is 17.8. The first-order valence-electron chi connectivity index (χ1n) is 10.4. The Morgan fingerprint density at radius 3 is 2.58 bits per heavy atom. The van der Waals surface area contributed by atoms with Crippen molar-refractivity contribution in [1.82, 2.24) is 0 Å². The fourth-order valence-electron chi connectivity index (χ4n) is 4.03. The van der Waals surface area contributed by atoms with Crippen molar-refractivity contribution in [3.8, 4) is 5.75 Å². The topological polar surface area (TPSA) is 55.8 Å². The average molecular weight is 455 g/mol. The minimum Gasteiger partial charge on any atom is -0.497 e. The quantitative estimate of drug-likeness (QED) is 0.351. The van der Waals surface area contributed by atoms with Crippen LogP contribution in [0.15, 0.2) is 58.8 Å². The van der Waals surface area contributed by atoms with Crippen LogP contribution in [-0.4, -0.2) is 24.8 Å². The van der Waals surface area contributed by atoms with Crippen molar-refractivity contribution in [2.24, 2.45) is 0 Å². The van der Waals surface area contributed by atoms with Gasteiger partial charge >= 0.3 is 5.97 Å². The van der Waals surface area contributed by atoms with E-state index < -0.39 is 6.10 Å². The number of thioether (sulfide) groups is 1. The number of hydrogen-bond acceptors (Lipinski definition) is 6. The summed E-state index contributed by atoms with van der Waals surface area (Å²) in [4.78, 5) is 13.3. The lowest BCUT2D eigenvalue weighted by Crippen LogP contribution is -2.18. The summed E-state index contributed by atoms with van der Waals surface area (Å²) >= 11 is 3.14. The van der Waals surface area contributed by atoms with Crippen LogP contribution in [0.1, 0.15) is 57.3 Å². The highest BCUT2D eigenvalue weighted by molar-refractivity contribution is 8.00. The number of esters is 1. The van der Waals surface area contributed by atoms with Crippen molar-refractivity contribution in [1.29, 1.82) is 0 Å². The van der Waals surface area contributed by atoms with Gasteiger partial charge in [-0.3, -0.25) is 0 Å². The number of ether oxygens (including phenoxy) is 2. The van der Waals surface area contributed by atoms with E-state index in [1.54, 1.807) is 18.9 Å². The third kappa shape index (κ3) is 4.81. The molecule has 0 amide bonds. The average Bonchev–Trinajstić information content (AvgIpc) is 3.18. The monoisotopic (exact) mass is 454 g/mol. The molecule has 162 valence electrons. The van der Waals surface area contributed by atoms with Crippen molar-refractivity contribution in [3.05, 3.63) is 81.7 Å². The van der Waals surface area contributed by atoms with Crippen LogP contribution >= 0.6 is 23.1 Å². The largest absolute Gasteiger partial charge is 0.497 e. The summed E-state index contributed by atoms with van der Waals surface area (Å²) in [6.45, 7) is 2.15. The minimum absolute atomic E-state index is 0.142. The van der Waals surface area contributed by atoms with E-state index in [9.17, 15) is 9.90 Å². The summed E-state index contributed by atoms with van der Waals surface area (Å²) in [5.41, 5.74) is 4.22. The minimum atomic E-state index is -0.603. The molecule has 0 aliphatic heterocycles. The van der Waals surface area contributed by atoms with Gasteiger partial charge in [-0.15, -0.1) is 23.1 Å². The van der Waals surface area contributed by atoms with Crippen LogP contribution in [0.2, 0.25) is 0 Å². The van der Waals surface area contributed by atoms with Gasteiger partial charge in [-0.25, -0.2) is 4.79 Å². The van der Waals surface area contributed by atoms with Crippen molar-refractivity contribution >= 4 is 29.1 Å². The van der Waals surface area contributed by atoms with Crippen LogP contribution in [0.5, 0.6) is 5.75 Å². The molecule has 1 aliphatic rings. The van der Waals surface area contributed by atoms with Gasteiger partial charge in [0.1, 0.15) is 10.6 Å². The molecule has 3 aromatic rings. The molecule has 2 unspecified atom stereocenters. The maximum absolute atomic E-state index is 12.7. The molecule has 1 N–H and O–H groups in total. The Kier molecular flexibility index (Phi) is 7.00. The molecule has 4 nitrogen and oxygen atoms in total. The second-order valence-electron chi connectivity index (χ2n) is 7.53. The first-order valence-corrected chi connectivity index (χ1v) is 12.2. The Morgan fingerprint density at radius 1 is 1.16 bits per heavy atom. The van der Waals surface area contributed by atoms with Crippen LogP contribution < -0.4 is 4.74 Å². The third-order valence-corrected chi connectivity index (χ3v) is 8.15. The number of carbonyl (C=O) groups excluding carboxylic acids is 1. The maximum Gasteiger partial charge on any atom is 0.348 e. The van der Waals surface area contributed by atoms with Crippen LogP contribution in [0.3, 0.4) is 0 Å². The first kappa shape index (κ1) is 21.9. The van der Waals surface area contributed by atoms with Gasteiger partial charge in [0.2, 0.25) is 0 Å². The molecule has 6 heteroatoms. The molecule has 1 aromatic heterocycles. The predicted molar refractivity (Wildman–Crippen MR) is 125 cm³/mol. The van der Waals surface area contributed by atoms with E-state index in [0.29, 0.717) is 17.9 Å². The summed E-state index contributed by atoms with van der Waals surface area (Å²) in [5.74, 6) is 1.45. The van der Waals surface area contributed by atoms with E-state index in [1.165, 1.54) is 16.9 Å². The molecule has 0 saturated carbocycles. The Bertz CT molecular complexity index is 1030. The zero-order chi connectivity index (χ0) is 21.8. The Labute approximate surface area is 191 Å². The summed E-state index contributed by atoms with van der Waals surface area (Å²) in [6, 6.07) is 18.2. The molecule has 1 heterocycles.